The van der Waals surface area contributed by atoms with Crippen molar-refractivity contribution in [2.24, 2.45) is 5.92 Å². The molecule has 0 saturated carbocycles. The third kappa shape index (κ3) is 8.16. The van der Waals surface area contributed by atoms with Crippen LogP contribution in [0.4, 0.5) is 0 Å². The van der Waals surface area contributed by atoms with Gasteiger partial charge in [-0.1, -0.05) is 41.4 Å². The number of amides is 2. The van der Waals surface area contributed by atoms with E-state index in [2.05, 4.69) is 10.3 Å². The number of carboxylic acids is 1. The van der Waals surface area contributed by atoms with Crippen molar-refractivity contribution < 1.29 is 29.1 Å². The van der Waals surface area contributed by atoms with Gasteiger partial charge in [0, 0.05) is 48.9 Å². The van der Waals surface area contributed by atoms with Gasteiger partial charge in [0.1, 0.15) is 11.8 Å². The topological polar surface area (TPSA) is 115 Å². The maximum atomic E-state index is 13.0. The van der Waals surface area contributed by atoms with Crippen LogP contribution in [0.1, 0.15) is 29.7 Å². The number of quaternary nitrogens is 1. The summed E-state index contributed by atoms with van der Waals surface area (Å²) in [6.45, 7) is 1.50. The molecule has 0 bridgehead atoms. The Labute approximate surface area is 258 Å². The van der Waals surface area contributed by atoms with Gasteiger partial charge in [-0.2, -0.15) is 0 Å². The first-order valence-corrected chi connectivity index (χ1v) is 15.4. The predicted octanol–water partition coefficient (Wildman–Crippen LogP) is 3.62. The number of ether oxygens (including phenoxy) is 1. The van der Waals surface area contributed by atoms with Gasteiger partial charge in [0.05, 0.1) is 42.3 Å². The lowest BCUT2D eigenvalue weighted by molar-refractivity contribution is -0.824. The zero-order valence-electron chi connectivity index (χ0n) is 23.3. The smallest absolute Gasteiger partial charge is 0.337 e. The Hall–Kier alpha value is -3.31. The molecule has 3 N–H and O–H groups in total. The first-order chi connectivity index (χ1) is 20.2. The van der Waals surface area contributed by atoms with Gasteiger partial charge < -0.3 is 19.7 Å². The third-order valence-electron chi connectivity index (χ3n) is 7.26. The van der Waals surface area contributed by atoms with Crippen LogP contribution in [0.25, 0.3) is 6.08 Å². The molecule has 2 aromatic carbocycles. The summed E-state index contributed by atoms with van der Waals surface area (Å²) in [6, 6.07) is 10.2. The highest BCUT2D eigenvalue weighted by molar-refractivity contribution is 7.98. The Morgan fingerprint density at radius 3 is 2.52 bits per heavy atom. The van der Waals surface area contributed by atoms with Gasteiger partial charge in [0.2, 0.25) is 5.91 Å². The van der Waals surface area contributed by atoms with E-state index in [4.69, 9.17) is 27.9 Å². The lowest BCUT2D eigenvalue weighted by atomic mass is 9.95. The molecule has 3 aromatic rings. The molecule has 2 heterocycles. The Morgan fingerprint density at radius 2 is 1.88 bits per heavy atom. The largest absolute Gasteiger partial charge is 0.497 e. The minimum atomic E-state index is -1.12. The predicted molar refractivity (Wildman–Crippen MR) is 163 cm³/mol. The molecule has 0 radical (unpaired) electrons. The van der Waals surface area contributed by atoms with Crippen LogP contribution in [0.5, 0.6) is 5.75 Å². The number of piperidine rings is 1. The van der Waals surface area contributed by atoms with Gasteiger partial charge >= 0.3 is 11.9 Å². The number of aromatic nitrogens is 2. The van der Waals surface area contributed by atoms with E-state index >= 15 is 0 Å². The Kier molecular flexibility index (Phi) is 11.1. The van der Waals surface area contributed by atoms with Crippen LogP contribution in [-0.4, -0.2) is 64.9 Å². The van der Waals surface area contributed by atoms with Crippen LogP contribution in [0.2, 0.25) is 10.0 Å². The SMILES string of the molecule is COc1ccc(Cn2cnc(C[C@H](NC(=O)C3CC[NH+](C(=O)/C=C/c4ccc(SC)c(Cl)c4Cl)CC3)C(=O)O)c2)cc1. The molecule has 1 atom stereocenters. The summed E-state index contributed by atoms with van der Waals surface area (Å²) in [6.07, 6.45) is 9.48. The zero-order valence-corrected chi connectivity index (χ0v) is 25.6. The number of imidazole rings is 1. The molecule has 0 spiro atoms. The molecule has 1 fully saturated rings. The van der Waals surface area contributed by atoms with E-state index in [9.17, 15) is 19.5 Å². The molecular weight excluding hydrogens is 599 g/mol. The van der Waals surface area contributed by atoms with Crippen molar-refractivity contribution in [3.05, 3.63) is 81.9 Å². The van der Waals surface area contributed by atoms with E-state index < -0.39 is 12.0 Å². The van der Waals surface area contributed by atoms with Gasteiger partial charge in [-0.15, -0.1) is 11.8 Å². The van der Waals surface area contributed by atoms with Gasteiger partial charge in [-0.05, 0) is 41.7 Å². The first kappa shape index (κ1) is 31.6. The summed E-state index contributed by atoms with van der Waals surface area (Å²) < 4.78 is 7.05. The second kappa shape index (κ2) is 14.7. The number of hydrogen-bond donors (Lipinski definition) is 3. The number of methoxy groups -OCH3 is 1. The number of rotatable bonds is 11. The fraction of sp³-hybridized carbons (Fsp3) is 0.333. The van der Waals surface area contributed by atoms with Gasteiger partial charge in [0.15, 0.2) is 0 Å². The van der Waals surface area contributed by atoms with Crippen LogP contribution < -0.4 is 15.0 Å². The molecule has 1 aromatic heterocycles. The highest BCUT2D eigenvalue weighted by Crippen LogP contribution is 2.35. The number of halogens is 2. The quantitative estimate of drug-likeness (QED) is 0.219. The number of carbonyl (C=O) groups is 3. The van der Waals surface area contributed by atoms with Gasteiger partial charge in [-0.25, -0.2) is 14.6 Å². The molecule has 42 heavy (non-hydrogen) atoms. The van der Waals surface area contributed by atoms with E-state index in [0.29, 0.717) is 53.8 Å². The Morgan fingerprint density at radius 1 is 1.17 bits per heavy atom. The van der Waals surface area contributed by atoms with Crippen LogP contribution in [0.3, 0.4) is 0 Å². The fourth-order valence-corrected chi connectivity index (χ4v) is 6.00. The first-order valence-electron chi connectivity index (χ1n) is 13.4. The molecule has 9 nitrogen and oxygen atoms in total. The van der Waals surface area contributed by atoms with E-state index in [1.165, 1.54) is 17.8 Å². The van der Waals surface area contributed by atoms with Crippen LogP contribution in [0, 0.1) is 5.92 Å². The molecule has 1 saturated heterocycles. The number of likely N-dealkylation sites (tertiary alicyclic amines) is 1. The van der Waals surface area contributed by atoms with Crippen LogP contribution >= 0.6 is 35.0 Å². The number of nitrogens with zero attached hydrogens (tertiary/aromatic N) is 2. The Balaban J connectivity index is 1.27. The lowest BCUT2D eigenvalue weighted by Crippen LogP contribution is -3.15. The van der Waals surface area contributed by atoms with E-state index in [1.54, 1.807) is 25.7 Å². The molecule has 4 rings (SSSR count). The summed E-state index contributed by atoms with van der Waals surface area (Å²) in [4.78, 5) is 43.6. The second-order valence-corrected chi connectivity index (χ2v) is 11.7. The summed E-state index contributed by atoms with van der Waals surface area (Å²) >= 11 is 14.1. The van der Waals surface area contributed by atoms with Crippen LogP contribution in [0.15, 0.2) is 59.9 Å². The maximum absolute atomic E-state index is 13.0. The van der Waals surface area contributed by atoms with Gasteiger partial charge in [0.25, 0.3) is 0 Å². The van der Waals surface area contributed by atoms with Crippen molar-refractivity contribution in [3.8, 4) is 5.75 Å². The monoisotopic (exact) mass is 631 g/mol. The van der Waals surface area contributed by atoms with E-state index in [1.807, 2.05) is 47.2 Å². The molecule has 1 aliphatic rings. The van der Waals surface area contributed by atoms with E-state index in [-0.39, 0.29) is 24.2 Å². The number of nitrogens with one attached hydrogen (secondary N) is 2. The van der Waals surface area contributed by atoms with Crippen molar-refractivity contribution in [1.82, 2.24) is 14.9 Å². The zero-order chi connectivity index (χ0) is 30.2. The fourth-order valence-electron chi connectivity index (χ4n) is 4.83. The van der Waals surface area contributed by atoms with Crippen molar-refractivity contribution in [2.45, 2.75) is 36.7 Å². The molecule has 0 unspecified atom stereocenters. The highest BCUT2D eigenvalue weighted by Gasteiger charge is 2.32. The minimum absolute atomic E-state index is 0.0640. The average molecular weight is 633 g/mol. The summed E-state index contributed by atoms with van der Waals surface area (Å²) in [5.41, 5.74) is 2.27. The van der Waals surface area contributed by atoms with E-state index in [0.717, 1.165) is 21.1 Å². The molecule has 12 heteroatoms. The minimum Gasteiger partial charge on any atom is -0.497 e. The molecular formula is C30H33Cl2N4O5S+. The number of benzene rings is 2. The van der Waals surface area contributed by atoms with Crippen molar-refractivity contribution in [1.29, 1.82) is 0 Å². The van der Waals surface area contributed by atoms with Crippen molar-refractivity contribution in [2.75, 3.05) is 26.5 Å². The van der Waals surface area contributed by atoms with Crippen LogP contribution in [-0.2, 0) is 27.3 Å². The van der Waals surface area contributed by atoms with Crippen molar-refractivity contribution in [3.63, 3.8) is 0 Å². The average Bonchev–Trinajstić information content (AvgIpc) is 3.44. The lowest BCUT2D eigenvalue weighted by Gasteiger charge is -2.27. The number of carbonyl (C=O) groups excluding carboxylic acids is 2. The third-order valence-corrected chi connectivity index (χ3v) is 9.05. The highest BCUT2D eigenvalue weighted by atomic mass is 35.5. The summed E-state index contributed by atoms with van der Waals surface area (Å²) in [5.74, 6) is -1.15. The molecule has 222 valence electrons. The number of aliphatic carboxylic acids is 1. The second-order valence-electron chi connectivity index (χ2n) is 10.0. The standard InChI is InChI=1S/C30H32Cl2N4O5S/c1-41-23-7-3-19(4-8-23)16-35-17-22(33-18-35)15-24(30(39)40)34-29(38)21-11-13-36(14-12-21)26(37)10-6-20-5-9-25(42-2)28(32)27(20)31/h3-10,17-18,21,24H,11-16H2,1-2H3,(H,34,38)(H,39,40)/p+1/b10-6+/t24-/m0/s1. The summed E-state index contributed by atoms with van der Waals surface area (Å²) in [5, 5.41) is 13.3. The number of thioether (sulfide) groups is 1. The van der Waals surface area contributed by atoms with Gasteiger partial charge in [-0.3, -0.25) is 9.69 Å². The molecule has 1 aliphatic heterocycles. The molecule has 0 aliphatic carbocycles. The normalized spacial score (nSPS) is 17.6. The Bertz CT molecular complexity index is 1450. The summed E-state index contributed by atoms with van der Waals surface area (Å²) in [7, 11) is 1.61. The van der Waals surface area contributed by atoms with Crippen molar-refractivity contribution >= 4 is 58.8 Å². The molecule has 2 amide bonds. The number of carboxylic acid groups (broad SMARTS) is 1. The number of hydrogen-bond acceptors (Lipinski definition) is 6. The maximum Gasteiger partial charge on any atom is 0.337 e.